The summed E-state index contributed by atoms with van der Waals surface area (Å²) in [5.74, 6) is 3.06. The van der Waals surface area contributed by atoms with Crippen molar-refractivity contribution in [1.29, 1.82) is 0 Å². The molecule has 0 aliphatic rings. The average molecular weight is 298 g/mol. The summed E-state index contributed by atoms with van der Waals surface area (Å²) in [4.78, 5) is 0. The zero-order valence-corrected chi connectivity index (χ0v) is 13.1. The van der Waals surface area contributed by atoms with Gasteiger partial charge >= 0.3 is 0 Å². The van der Waals surface area contributed by atoms with Crippen molar-refractivity contribution in [2.24, 2.45) is 0 Å². The highest BCUT2D eigenvalue weighted by molar-refractivity contribution is 6.01. The second-order valence-corrected chi connectivity index (χ2v) is 4.97. The third-order valence-corrected chi connectivity index (χ3v) is 3.72. The monoisotopic (exact) mass is 298 g/mol. The van der Waals surface area contributed by atoms with Crippen LogP contribution in [-0.2, 0) is 0 Å². The fourth-order valence-corrected chi connectivity index (χ4v) is 2.69. The Morgan fingerprint density at radius 3 is 2.32 bits per heavy atom. The molecule has 0 atom stereocenters. The molecule has 3 rings (SSSR count). The fourth-order valence-electron chi connectivity index (χ4n) is 2.69. The van der Waals surface area contributed by atoms with Gasteiger partial charge in [0.25, 0.3) is 0 Å². The van der Waals surface area contributed by atoms with Gasteiger partial charge < -0.3 is 18.6 Å². The van der Waals surface area contributed by atoms with Gasteiger partial charge in [-0.1, -0.05) is 12.1 Å². The Morgan fingerprint density at radius 1 is 0.864 bits per heavy atom. The van der Waals surface area contributed by atoms with Crippen LogP contribution in [0.5, 0.6) is 17.2 Å². The summed E-state index contributed by atoms with van der Waals surface area (Å²) in [6, 6.07) is 11.6. The van der Waals surface area contributed by atoms with Gasteiger partial charge in [0.15, 0.2) is 0 Å². The Bertz CT molecular complexity index is 817. The van der Waals surface area contributed by atoms with Gasteiger partial charge in [0.2, 0.25) is 0 Å². The molecule has 114 valence electrons. The van der Waals surface area contributed by atoms with Crippen molar-refractivity contribution in [2.75, 3.05) is 21.3 Å². The number of benzene rings is 2. The number of rotatable bonds is 4. The zero-order chi connectivity index (χ0) is 15.7. The maximum Gasteiger partial charge on any atom is 0.142 e. The summed E-state index contributed by atoms with van der Waals surface area (Å²) >= 11 is 0. The first-order valence-electron chi connectivity index (χ1n) is 6.97. The molecular weight excluding hydrogens is 280 g/mol. The molecule has 0 unspecified atom stereocenters. The minimum Gasteiger partial charge on any atom is -0.497 e. The number of furan rings is 1. The molecule has 22 heavy (non-hydrogen) atoms. The lowest BCUT2D eigenvalue weighted by Crippen LogP contribution is -1.89. The van der Waals surface area contributed by atoms with Gasteiger partial charge in [-0.3, -0.25) is 0 Å². The molecular formula is C18H18O4. The van der Waals surface area contributed by atoms with Crippen LogP contribution in [0.2, 0.25) is 0 Å². The molecule has 0 saturated heterocycles. The van der Waals surface area contributed by atoms with Gasteiger partial charge in [0.1, 0.15) is 28.6 Å². The second-order valence-electron chi connectivity index (χ2n) is 4.97. The first-order valence-corrected chi connectivity index (χ1v) is 6.97. The van der Waals surface area contributed by atoms with Crippen LogP contribution in [0.15, 0.2) is 40.8 Å². The third kappa shape index (κ3) is 2.26. The highest BCUT2D eigenvalue weighted by Crippen LogP contribution is 2.42. The molecule has 1 heterocycles. The van der Waals surface area contributed by atoms with E-state index in [2.05, 4.69) is 0 Å². The van der Waals surface area contributed by atoms with E-state index in [-0.39, 0.29) is 0 Å². The summed E-state index contributed by atoms with van der Waals surface area (Å²) in [6.45, 7) is 1.95. The molecule has 3 aromatic rings. The Kier molecular flexibility index (Phi) is 3.67. The summed E-state index contributed by atoms with van der Waals surface area (Å²) in [5.41, 5.74) is 2.78. The molecule has 1 aromatic heterocycles. The molecule has 0 aliphatic carbocycles. The first kappa shape index (κ1) is 14.3. The highest BCUT2D eigenvalue weighted by atomic mass is 16.5. The largest absolute Gasteiger partial charge is 0.497 e. The molecule has 4 heteroatoms. The van der Waals surface area contributed by atoms with Crippen LogP contribution in [0, 0.1) is 6.92 Å². The Labute approximate surface area is 129 Å². The normalized spacial score (nSPS) is 10.7. The van der Waals surface area contributed by atoms with Crippen molar-refractivity contribution in [3.05, 3.63) is 42.2 Å². The zero-order valence-electron chi connectivity index (χ0n) is 13.1. The number of hydrogen-bond acceptors (Lipinski definition) is 4. The van der Waals surface area contributed by atoms with Crippen molar-refractivity contribution in [3.63, 3.8) is 0 Å². The Morgan fingerprint density at radius 2 is 1.64 bits per heavy atom. The smallest absolute Gasteiger partial charge is 0.142 e. The molecule has 0 saturated carbocycles. The van der Waals surface area contributed by atoms with Gasteiger partial charge in [-0.15, -0.1) is 0 Å². The molecule has 0 bridgehead atoms. The van der Waals surface area contributed by atoms with Crippen LogP contribution in [0.3, 0.4) is 0 Å². The average Bonchev–Trinajstić information content (AvgIpc) is 2.89. The van der Waals surface area contributed by atoms with Gasteiger partial charge in [-0.05, 0) is 24.6 Å². The number of hydrogen-bond donors (Lipinski definition) is 0. The van der Waals surface area contributed by atoms with E-state index in [1.165, 1.54) is 0 Å². The predicted molar refractivity (Wildman–Crippen MR) is 86.0 cm³/mol. The molecule has 0 fully saturated rings. The number of methoxy groups -OCH3 is 3. The lowest BCUT2D eigenvalue weighted by Gasteiger charge is -2.08. The van der Waals surface area contributed by atoms with Crippen molar-refractivity contribution in [2.45, 2.75) is 6.92 Å². The number of fused-ring (bicyclic) bond motifs is 1. The summed E-state index contributed by atoms with van der Waals surface area (Å²) < 4.78 is 22.1. The van der Waals surface area contributed by atoms with E-state index >= 15 is 0 Å². The van der Waals surface area contributed by atoms with Crippen molar-refractivity contribution >= 4 is 11.0 Å². The second kappa shape index (κ2) is 5.64. The summed E-state index contributed by atoms with van der Waals surface area (Å²) in [6.07, 6.45) is 0. The van der Waals surface area contributed by atoms with Crippen LogP contribution in [0.4, 0.5) is 0 Å². The Balaban J connectivity index is 2.31. The Hall–Kier alpha value is -2.62. The summed E-state index contributed by atoms with van der Waals surface area (Å²) in [7, 11) is 4.93. The van der Waals surface area contributed by atoms with Crippen LogP contribution in [-0.4, -0.2) is 21.3 Å². The summed E-state index contributed by atoms with van der Waals surface area (Å²) in [5, 5.41) is 0.939. The van der Waals surface area contributed by atoms with E-state index < -0.39 is 0 Å². The van der Waals surface area contributed by atoms with Gasteiger partial charge in [0, 0.05) is 17.7 Å². The minimum absolute atomic E-state index is 0.704. The van der Waals surface area contributed by atoms with E-state index in [0.29, 0.717) is 5.75 Å². The van der Waals surface area contributed by atoms with Crippen molar-refractivity contribution < 1.29 is 18.6 Å². The maximum absolute atomic E-state index is 5.91. The standard InChI is InChI=1S/C18H18O4/c1-11-17(12-6-5-7-13(8-12)19-2)18-15(21-4)9-14(20-3)10-16(18)22-11/h5-10H,1-4H3. The van der Waals surface area contributed by atoms with Crippen LogP contribution < -0.4 is 14.2 Å². The lowest BCUT2D eigenvalue weighted by molar-refractivity contribution is 0.397. The van der Waals surface area contributed by atoms with E-state index in [1.54, 1.807) is 21.3 Å². The molecule has 2 aromatic carbocycles. The van der Waals surface area contributed by atoms with Gasteiger partial charge in [0.05, 0.1) is 26.7 Å². The highest BCUT2D eigenvalue weighted by Gasteiger charge is 2.19. The molecule has 0 N–H and O–H groups in total. The molecule has 0 aliphatic heterocycles. The van der Waals surface area contributed by atoms with Crippen molar-refractivity contribution in [1.82, 2.24) is 0 Å². The number of ether oxygens (including phenoxy) is 3. The minimum atomic E-state index is 0.704. The topological polar surface area (TPSA) is 40.8 Å². The lowest BCUT2D eigenvalue weighted by atomic mass is 10.0. The molecule has 0 spiro atoms. The van der Waals surface area contributed by atoms with E-state index in [9.17, 15) is 0 Å². The number of aryl methyl sites for hydroxylation is 1. The fraction of sp³-hybridized carbons (Fsp3) is 0.222. The molecule has 0 amide bonds. The van der Waals surface area contributed by atoms with Gasteiger partial charge in [-0.2, -0.15) is 0 Å². The SMILES string of the molecule is COc1cccc(-c2c(C)oc3cc(OC)cc(OC)c23)c1. The maximum atomic E-state index is 5.91. The van der Waals surface area contributed by atoms with Crippen molar-refractivity contribution in [3.8, 4) is 28.4 Å². The van der Waals surface area contributed by atoms with Crippen LogP contribution >= 0.6 is 0 Å². The van der Waals surface area contributed by atoms with Crippen LogP contribution in [0.1, 0.15) is 5.76 Å². The molecule has 4 nitrogen and oxygen atoms in total. The van der Waals surface area contributed by atoms with Gasteiger partial charge in [-0.25, -0.2) is 0 Å². The van der Waals surface area contributed by atoms with E-state index in [0.717, 1.165) is 39.4 Å². The van der Waals surface area contributed by atoms with E-state index in [4.69, 9.17) is 18.6 Å². The first-order chi connectivity index (χ1) is 10.7. The quantitative estimate of drug-likeness (QED) is 0.714. The predicted octanol–water partition coefficient (Wildman–Crippen LogP) is 4.43. The molecule has 0 radical (unpaired) electrons. The van der Waals surface area contributed by atoms with E-state index in [1.807, 2.05) is 43.3 Å². The van der Waals surface area contributed by atoms with Crippen LogP contribution in [0.25, 0.3) is 22.1 Å². The third-order valence-electron chi connectivity index (χ3n) is 3.72.